The number of rotatable bonds is 3. The number of carbonyl (C=O) groups excluding carboxylic acids is 1. The Kier molecular flexibility index (Phi) is 4.28. The highest BCUT2D eigenvalue weighted by molar-refractivity contribution is 5.70. The maximum Gasteiger partial charge on any atom is 0.306 e. The van der Waals surface area contributed by atoms with E-state index in [1.807, 2.05) is 26.8 Å². The second-order valence-electron chi connectivity index (χ2n) is 5.21. The van der Waals surface area contributed by atoms with Crippen LogP contribution in [-0.4, -0.2) is 5.97 Å². The molecule has 0 saturated carbocycles. The molecule has 17 heavy (non-hydrogen) atoms. The lowest BCUT2D eigenvalue weighted by Gasteiger charge is -2.16. The molecular formula is C14H17NO2. The largest absolute Gasteiger partial charge is 0.461 e. The molecule has 0 amide bonds. The first-order chi connectivity index (χ1) is 7.90. The van der Waals surface area contributed by atoms with Gasteiger partial charge < -0.3 is 4.74 Å². The summed E-state index contributed by atoms with van der Waals surface area (Å²) >= 11 is 0. The van der Waals surface area contributed by atoms with Crippen molar-refractivity contribution in [3.63, 3.8) is 0 Å². The summed E-state index contributed by atoms with van der Waals surface area (Å²) in [5, 5.41) is 8.64. The third-order valence-corrected chi connectivity index (χ3v) is 2.16. The first kappa shape index (κ1) is 13.2. The first-order valence-corrected chi connectivity index (χ1v) is 5.55. The van der Waals surface area contributed by atoms with E-state index in [0.717, 1.165) is 5.56 Å². The number of nitriles is 1. The zero-order valence-electron chi connectivity index (χ0n) is 10.5. The number of hydrogen-bond donors (Lipinski definition) is 0. The molecule has 3 nitrogen and oxygen atoms in total. The summed E-state index contributed by atoms with van der Waals surface area (Å²) in [5.74, 6) is -0.193. The van der Waals surface area contributed by atoms with Crippen molar-refractivity contribution in [3.8, 4) is 6.07 Å². The van der Waals surface area contributed by atoms with Crippen LogP contribution in [-0.2, 0) is 16.1 Å². The second kappa shape index (κ2) is 5.49. The minimum Gasteiger partial charge on any atom is -0.461 e. The van der Waals surface area contributed by atoms with Crippen LogP contribution < -0.4 is 0 Å². The van der Waals surface area contributed by atoms with Gasteiger partial charge in [-0.05, 0) is 23.1 Å². The number of carbonyl (C=O) groups is 1. The predicted octanol–water partition coefficient (Wildman–Crippen LogP) is 3.04. The first-order valence-electron chi connectivity index (χ1n) is 5.55. The summed E-state index contributed by atoms with van der Waals surface area (Å²) < 4.78 is 5.16. The molecule has 1 aromatic carbocycles. The van der Waals surface area contributed by atoms with Gasteiger partial charge in [0.1, 0.15) is 6.61 Å². The summed E-state index contributed by atoms with van der Waals surface area (Å²) in [6.07, 6.45) is 0.406. The average molecular weight is 231 g/mol. The zero-order chi connectivity index (χ0) is 12.9. The van der Waals surface area contributed by atoms with E-state index in [4.69, 9.17) is 10.00 Å². The molecule has 0 fully saturated rings. The van der Waals surface area contributed by atoms with Gasteiger partial charge in [-0.15, -0.1) is 0 Å². The van der Waals surface area contributed by atoms with Gasteiger partial charge in [-0.25, -0.2) is 0 Å². The van der Waals surface area contributed by atoms with E-state index in [9.17, 15) is 4.79 Å². The van der Waals surface area contributed by atoms with Crippen LogP contribution in [0, 0.1) is 16.7 Å². The van der Waals surface area contributed by atoms with Gasteiger partial charge in [0.05, 0.1) is 18.1 Å². The van der Waals surface area contributed by atoms with Gasteiger partial charge in [-0.1, -0.05) is 32.9 Å². The van der Waals surface area contributed by atoms with Gasteiger partial charge in [-0.3, -0.25) is 4.79 Å². The monoisotopic (exact) mass is 231 g/mol. The van der Waals surface area contributed by atoms with Crippen LogP contribution in [0.15, 0.2) is 24.3 Å². The number of benzene rings is 1. The fourth-order valence-electron chi connectivity index (χ4n) is 1.32. The van der Waals surface area contributed by atoms with Crippen molar-refractivity contribution in [2.24, 2.45) is 5.41 Å². The molecule has 0 aliphatic heterocycles. The summed E-state index contributed by atoms with van der Waals surface area (Å²) in [7, 11) is 0. The molecule has 0 radical (unpaired) electrons. The molecule has 0 saturated heterocycles. The summed E-state index contributed by atoms with van der Waals surface area (Å²) in [6, 6.07) is 9.06. The van der Waals surface area contributed by atoms with E-state index < -0.39 is 0 Å². The lowest BCUT2D eigenvalue weighted by molar-refractivity contribution is -0.147. The van der Waals surface area contributed by atoms with Gasteiger partial charge in [-0.2, -0.15) is 5.26 Å². The standard InChI is InChI=1S/C14H17NO2/c1-14(2,3)8-13(16)17-10-12-6-4-11(9-15)5-7-12/h4-7H,8,10H2,1-3H3. The topological polar surface area (TPSA) is 50.1 Å². The van der Waals surface area contributed by atoms with Gasteiger partial charge in [0, 0.05) is 0 Å². The highest BCUT2D eigenvalue weighted by Gasteiger charge is 2.16. The fourth-order valence-corrected chi connectivity index (χ4v) is 1.32. The summed E-state index contributed by atoms with van der Waals surface area (Å²) in [6.45, 7) is 6.25. The molecule has 0 spiro atoms. The number of ether oxygens (including phenoxy) is 1. The van der Waals surface area contributed by atoms with E-state index in [1.165, 1.54) is 0 Å². The SMILES string of the molecule is CC(C)(C)CC(=O)OCc1ccc(C#N)cc1. The van der Waals surface area contributed by atoms with Crippen LogP contribution in [0.1, 0.15) is 38.3 Å². The third-order valence-electron chi connectivity index (χ3n) is 2.16. The zero-order valence-corrected chi connectivity index (χ0v) is 10.5. The normalized spacial score (nSPS) is 10.7. The lowest BCUT2D eigenvalue weighted by Crippen LogP contribution is -2.15. The van der Waals surface area contributed by atoms with E-state index in [-0.39, 0.29) is 18.0 Å². The van der Waals surface area contributed by atoms with Crippen LogP contribution in [0.5, 0.6) is 0 Å². The molecule has 0 aliphatic carbocycles. The van der Waals surface area contributed by atoms with E-state index in [2.05, 4.69) is 0 Å². The van der Waals surface area contributed by atoms with Gasteiger partial charge in [0.25, 0.3) is 0 Å². The number of nitrogens with zero attached hydrogens (tertiary/aromatic N) is 1. The molecule has 0 aliphatic rings. The van der Waals surface area contributed by atoms with Gasteiger partial charge >= 0.3 is 5.97 Å². The Morgan fingerprint density at radius 1 is 1.29 bits per heavy atom. The molecule has 0 unspecified atom stereocenters. The Hall–Kier alpha value is -1.82. The van der Waals surface area contributed by atoms with E-state index in [1.54, 1.807) is 24.3 Å². The van der Waals surface area contributed by atoms with Crippen molar-refractivity contribution < 1.29 is 9.53 Å². The van der Waals surface area contributed by atoms with E-state index >= 15 is 0 Å². The fraction of sp³-hybridized carbons (Fsp3) is 0.429. The smallest absolute Gasteiger partial charge is 0.306 e. The Morgan fingerprint density at radius 3 is 2.35 bits per heavy atom. The Morgan fingerprint density at radius 2 is 1.88 bits per heavy atom. The van der Waals surface area contributed by atoms with Crippen molar-refractivity contribution in [2.75, 3.05) is 0 Å². The van der Waals surface area contributed by atoms with Crippen LogP contribution in [0.25, 0.3) is 0 Å². The maximum atomic E-state index is 11.5. The van der Waals surface area contributed by atoms with Crippen LogP contribution in [0.2, 0.25) is 0 Å². The van der Waals surface area contributed by atoms with Gasteiger partial charge in [0.2, 0.25) is 0 Å². The molecular weight excluding hydrogens is 214 g/mol. The van der Waals surface area contributed by atoms with Crippen molar-refractivity contribution >= 4 is 5.97 Å². The molecule has 3 heteroatoms. The quantitative estimate of drug-likeness (QED) is 0.751. The highest BCUT2D eigenvalue weighted by atomic mass is 16.5. The van der Waals surface area contributed by atoms with E-state index in [0.29, 0.717) is 12.0 Å². The summed E-state index contributed by atoms with van der Waals surface area (Å²) in [4.78, 5) is 11.5. The lowest BCUT2D eigenvalue weighted by atomic mass is 9.92. The van der Waals surface area contributed by atoms with Crippen LogP contribution in [0.4, 0.5) is 0 Å². The number of hydrogen-bond acceptors (Lipinski definition) is 3. The molecule has 0 N–H and O–H groups in total. The van der Waals surface area contributed by atoms with Crippen LogP contribution >= 0.6 is 0 Å². The van der Waals surface area contributed by atoms with Crippen molar-refractivity contribution in [2.45, 2.75) is 33.8 Å². The Bertz CT molecular complexity index is 421. The second-order valence-corrected chi connectivity index (χ2v) is 5.21. The molecule has 1 rings (SSSR count). The average Bonchev–Trinajstić information content (AvgIpc) is 2.25. The van der Waals surface area contributed by atoms with Crippen molar-refractivity contribution in [3.05, 3.63) is 35.4 Å². The number of esters is 1. The molecule has 0 heterocycles. The molecule has 0 bridgehead atoms. The van der Waals surface area contributed by atoms with Gasteiger partial charge in [0.15, 0.2) is 0 Å². The maximum absolute atomic E-state index is 11.5. The minimum atomic E-state index is -0.193. The highest BCUT2D eigenvalue weighted by Crippen LogP contribution is 2.19. The molecule has 0 atom stereocenters. The molecule has 1 aromatic rings. The summed E-state index contributed by atoms with van der Waals surface area (Å²) in [5.41, 5.74) is 1.45. The molecule has 0 aromatic heterocycles. The Balaban J connectivity index is 2.45. The van der Waals surface area contributed by atoms with Crippen molar-refractivity contribution in [1.82, 2.24) is 0 Å². The van der Waals surface area contributed by atoms with Crippen LogP contribution in [0.3, 0.4) is 0 Å². The van der Waals surface area contributed by atoms with Crippen molar-refractivity contribution in [1.29, 1.82) is 5.26 Å². The molecule has 90 valence electrons. The Labute approximate surface area is 102 Å². The minimum absolute atomic E-state index is 0.0538. The third kappa shape index (κ3) is 5.17. The predicted molar refractivity (Wildman–Crippen MR) is 65.0 cm³/mol.